The maximum atomic E-state index is 12.7. The van der Waals surface area contributed by atoms with Crippen LogP contribution in [0.3, 0.4) is 0 Å². The molecule has 1 amide bonds. The quantitative estimate of drug-likeness (QED) is 0.827. The fourth-order valence-corrected chi connectivity index (χ4v) is 3.68. The van der Waals surface area contributed by atoms with Gasteiger partial charge in [0, 0.05) is 45.0 Å². The van der Waals surface area contributed by atoms with Gasteiger partial charge < -0.3 is 9.80 Å². The first-order valence-corrected chi connectivity index (χ1v) is 8.77. The van der Waals surface area contributed by atoms with Gasteiger partial charge in [-0.15, -0.1) is 0 Å². The first-order valence-electron chi connectivity index (χ1n) is 8.77. The summed E-state index contributed by atoms with van der Waals surface area (Å²) < 4.78 is 2.11. The second-order valence-electron chi connectivity index (χ2n) is 6.91. The van der Waals surface area contributed by atoms with Crippen molar-refractivity contribution in [2.45, 2.75) is 39.8 Å². The average molecular weight is 319 g/mol. The molecule has 1 aromatic rings. The molecule has 0 radical (unpaired) electrons. The van der Waals surface area contributed by atoms with E-state index in [4.69, 9.17) is 0 Å². The predicted octanol–water partition coefficient (Wildman–Crippen LogP) is 0.909. The Morgan fingerprint density at radius 3 is 2.43 bits per heavy atom. The minimum atomic E-state index is -0.0172. The largest absolute Gasteiger partial charge is 0.339 e. The standard InChI is InChI=1S/C17H29N5O/c1-5-19-6-8-20(9-7-19)17(23)15(4)21-11-16(12-21)22-14(3)10-13(2)18-22/h10,15-16H,5-9,11-12H2,1-4H3/t15-/m0/s1. The van der Waals surface area contributed by atoms with E-state index < -0.39 is 0 Å². The number of amides is 1. The van der Waals surface area contributed by atoms with Gasteiger partial charge in [-0.2, -0.15) is 5.10 Å². The molecule has 0 aromatic carbocycles. The van der Waals surface area contributed by atoms with Gasteiger partial charge in [-0.3, -0.25) is 14.4 Å². The Morgan fingerprint density at radius 2 is 1.91 bits per heavy atom. The summed E-state index contributed by atoms with van der Waals surface area (Å²) >= 11 is 0. The fraction of sp³-hybridized carbons (Fsp3) is 0.765. The van der Waals surface area contributed by atoms with Crippen LogP contribution in [0, 0.1) is 13.8 Å². The lowest BCUT2D eigenvalue weighted by atomic mass is 10.0. The number of aryl methyl sites for hydroxylation is 2. The smallest absolute Gasteiger partial charge is 0.239 e. The van der Waals surface area contributed by atoms with Gasteiger partial charge in [0.15, 0.2) is 0 Å². The Bertz CT molecular complexity index is 555. The van der Waals surface area contributed by atoms with Crippen LogP contribution in [0.4, 0.5) is 0 Å². The third-order valence-electron chi connectivity index (χ3n) is 5.32. The third kappa shape index (κ3) is 3.28. The number of carbonyl (C=O) groups excluding carboxylic acids is 1. The predicted molar refractivity (Wildman–Crippen MR) is 90.5 cm³/mol. The van der Waals surface area contributed by atoms with Crippen LogP contribution in [0.2, 0.25) is 0 Å². The Hall–Kier alpha value is -1.40. The molecule has 6 nitrogen and oxygen atoms in total. The zero-order valence-electron chi connectivity index (χ0n) is 14.8. The van der Waals surface area contributed by atoms with Crippen LogP contribution in [0.5, 0.6) is 0 Å². The average Bonchev–Trinajstić information content (AvgIpc) is 2.83. The first-order chi connectivity index (χ1) is 11.0. The van der Waals surface area contributed by atoms with Crippen molar-refractivity contribution in [2.24, 2.45) is 0 Å². The number of rotatable bonds is 4. The molecule has 2 aliphatic rings. The summed E-state index contributed by atoms with van der Waals surface area (Å²) in [5.41, 5.74) is 2.28. The lowest BCUT2D eigenvalue weighted by Gasteiger charge is -2.45. The summed E-state index contributed by atoms with van der Waals surface area (Å²) in [6, 6.07) is 2.51. The molecule has 6 heteroatoms. The zero-order chi connectivity index (χ0) is 16.6. The van der Waals surface area contributed by atoms with E-state index in [1.54, 1.807) is 0 Å². The molecule has 128 valence electrons. The molecule has 0 unspecified atom stereocenters. The molecule has 2 aliphatic heterocycles. The van der Waals surface area contributed by atoms with Gasteiger partial charge in [0.05, 0.1) is 17.8 Å². The van der Waals surface area contributed by atoms with Crippen molar-refractivity contribution in [1.82, 2.24) is 24.5 Å². The monoisotopic (exact) mass is 319 g/mol. The Labute approximate surface area is 139 Å². The number of likely N-dealkylation sites (N-methyl/N-ethyl adjacent to an activating group) is 1. The van der Waals surface area contributed by atoms with Gasteiger partial charge in [0.1, 0.15) is 0 Å². The highest BCUT2D eigenvalue weighted by Gasteiger charge is 2.37. The topological polar surface area (TPSA) is 44.6 Å². The molecule has 23 heavy (non-hydrogen) atoms. The molecule has 2 saturated heterocycles. The second-order valence-corrected chi connectivity index (χ2v) is 6.91. The van der Waals surface area contributed by atoms with Crippen molar-refractivity contribution in [3.05, 3.63) is 17.5 Å². The molecular formula is C17H29N5O. The van der Waals surface area contributed by atoms with Crippen molar-refractivity contribution < 1.29 is 4.79 Å². The first kappa shape index (κ1) is 16.5. The van der Waals surface area contributed by atoms with Crippen LogP contribution < -0.4 is 0 Å². The molecule has 1 atom stereocenters. The lowest BCUT2D eigenvalue weighted by molar-refractivity contribution is -0.140. The zero-order valence-corrected chi connectivity index (χ0v) is 14.8. The minimum absolute atomic E-state index is 0.0172. The van der Waals surface area contributed by atoms with E-state index >= 15 is 0 Å². The molecule has 0 saturated carbocycles. The SMILES string of the molecule is CCN1CCN(C(=O)[C@H](C)N2CC(n3nc(C)cc3C)C2)CC1. The second kappa shape index (κ2) is 6.61. The fourth-order valence-electron chi connectivity index (χ4n) is 3.68. The van der Waals surface area contributed by atoms with E-state index in [-0.39, 0.29) is 11.9 Å². The van der Waals surface area contributed by atoms with Crippen molar-refractivity contribution >= 4 is 5.91 Å². The molecule has 1 aromatic heterocycles. The van der Waals surface area contributed by atoms with E-state index in [0.717, 1.165) is 51.5 Å². The molecule has 3 heterocycles. The summed E-state index contributed by atoms with van der Waals surface area (Å²) in [4.78, 5) is 19.4. The summed E-state index contributed by atoms with van der Waals surface area (Å²) in [6.07, 6.45) is 0. The van der Waals surface area contributed by atoms with Crippen LogP contribution in [0.25, 0.3) is 0 Å². The molecule has 0 N–H and O–H groups in total. The van der Waals surface area contributed by atoms with Crippen molar-refractivity contribution in [3.8, 4) is 0 Å². The number of piperazine rings is 1. The molecule has 3 rings (SSSR count). The Kier molecular flexibility index (Phi) is 4.73. The van der Waals surface area contributed by atoms with Gasteiger partial charge >= 0.3 is 0 Å². The summed E-state index contributed by atoms with van der Waals surface area (Å²) in [7, 11) is 0. The summed E-state index contributed by atoms with van der Waals surface area (Å²) in [5.74, 6) is 0.285. The molecule has 0 aliphatic carbocycles. The number of aromatic nitrogens is 2. The number of likely N-dealkylation sites (tertiary alicyclic amines) is 1. The van der Waals surface area contributed by atoms with E-state index in [2.05, 4.69) is 39.5 Å². The van der Waals surface area contributed by atoms with E-state index in [1.807, 2.05) is 18.7 Å². The molecule has 0 bridgehead atoms. The van der Waals surface area contributed by atoms with Crippen LogP contribution >= 0.6 is 0 Å². The highest BCUT2D eigenvalue weighted by atomic mass is 16.2. The van der Waals surface area contributed by atoms with Gasteiger partial charge in [-0.05, 0) is 33.4 Å². The highest BCUT2D eigenvalue weighted by Crippen LogP contribution is 2.25. The van der Waals surface area contributed by atoms with Gasteiger partial charge in [0.25, 0.3) is 0 Å². The van der Waals surface area contributed by atoms with Gasteiger partial charge in [-0.25, -0.2) is 0 Å². The maximum absolute atomic E-state index is 12.7. The van der Waals surface area contributed by atoms with Gasteiger partial charge in [0.2, 0.25) is 5.91 Å². The Balaban J connectivity index is 1.51. The van der Waals surface area contributed by atoms with Crippen LogP contribution in [-0.2, 0) is 4.79 Å². The number of hydrogen-bond donors (Lipinski definition) is 0. The third-order valence-corrected chi connectivity index (χ3v) is 5.32. The number of nitrogens with zero attached hydrogens (tertiary/aromatic N) is 5. The van der Waals surface area contributed by atoms with Crippen LogP contribution in [0.15, 0.2) is 6.07 Å². The van der Waals surface area contributed by atoms with Crippen molar-refractivity contribution in [3.63, 3.8) is 0 Å². The van der Waals surface area contributed by atoms with Crippen molar-refractivity contribution in [2.75, 3.05) is 45.8 Å². The highest BCUT2D eigenvalue weighted by molar-refractivity contribution is 5.81. The molecular weight excluding hydrogens is 290 g/mol. The number of carbonyl (C=O) groups is 1. The molecule has 2 fully saturated rings. The normalized spacial score (nSPS) is 22.2. The Morgan fingerprint density at radius 1 is 1.26 bits per heavy atom. The molecule has 0 spiro atoms. The minimum Gasteiger partial charge on any atom is -0.339 e. The van der Waals surface area contributed by atoms with Crippen LogP contribution in [-0.4, -0.2) is 82.2 Å². The summed E-state index contributed by atoms with van der Waals surface area (Å²) in [5, 5.41) is 4.57. The summed E-state index contributed by atoms with van der Waals surface area (Å²) in [6.45, 7) is 15.0. The van der Waals surface area contributed by atoms with E-state index in [0.29, 0.717) is 6.04 Å². The van der Waals surface area contributed by atoms with E-state index in [1.165, 1.54) is 5.69 Å². The van der Waals surface area contributed by atoms with Crippen molar-refractivity contribution in [1.29, 1.82) is 0 Å². The van der Waals surface area contributed by atoms with Crippen LogP contribution in [0.1, 0.15) is 31.3 Å². The van der Waals surface area contributed by atoms with E-state index in [9.17, 15) is 4.79 Å². The van der Waals surface area contributed by atoms with Gasteiger partial charge in [-0.1, -0.05) is 6.92 Å². The number of hydrogen-bond acceptors (Lipinski definition) is 4. The maximum Gasteiger partial charge on any atom is 0.239 e. The lowest BCUT2D eigenvalue weighted by Crippen LogP contribution is -2.59.